The minimum absolute atomic E-state index is 0.142. The summed E-state index contributed by atoms with van der Waals surface area (Å²) in [5.41, 5.74) is 1.04. The maximum absolute atomic E-state index is 8.85. The van der Waals surface area contributed by atoms with Crippen molar-refractivity contribution in [2.24, 2.45) is 0 Å². The van der Waals surface area contributed by atoms with Crippen molar-refractivity contribution in [3.8, 4) is 0 Å². The minimum Gasteiger partial charge on any atom is -0.392 e. The highest BCUT2D eigenvalue weighted by molar-refractivity contribution is 5.06. The molecule has 0 saturated carbocycles. The maximum Gasteiger partial charge on any atom is 0.0615 e. The van der Waals surface area contributed by atoms with Gasteiger partial charge in [0.05, 0.1) is 7.98 Å². The topological polar surface area (TPSA) is 20.2 Å². The van der Waals surface area contributed by atoms with Crippen molar-refractivity contribution in [2.45, 2.75) is 45.4 Å². The van der Waals surface area contributed by atoms with Crippen molar-refractivity contribution in [3.05, 3.63) is 24.3 Å². The molecule has 0 fully saturated rings. The van der Waals surface area contributed by atoms with Crippen molar-refractivity contribution in [1.82, 2.24) is 0 Å². The number of unbranched alkanes of at least 4 members (excludes halogenated alkanes) is 3. The summed E-state index contributed by atoms with van der Waals surface area (Å²) in [6, 6.07) is 0.376. The molecule has 1 N–H and O–H groups in total. The Morgan fingerprint density at radius 2 is 2.23 bits per heavy atom. The van der Waals surface area contributed by atoms with E-state index in [-0.39, 0.29) is 6.61 Å². The van der Waals surface area contributed by atoms with E-state index in [2.05, 4.69) is 13.5 Å². The van der Waals surface area contributed by atoms with Crippen molar-refractivity contribution in [1.29, 1.82) is 0 Å². The molecule has 13 heavy (non-hydrogen) atoms. The van der Waals surface area contributed by atoms with Crippen LogP contribution in [0.25, 0.3) is 0 Å². The molecule has 0 aromatic rings. The zero-order valence-electron chi connectivity index (χ0n) is 9.68. The molecule has 0 spiro atoms. The fraction of sp³-hybridized carbons (Fsp3) is 0.667. The average molecular weight is 183 g/mol. The Morgan fingerprint density at radius 1 is 1.46 bits per heavy atom. The lowest BCUT2D eigenvalue weighted by atomic mass is 10.0. The molecule has 0 unspecified atom stereocenters. The monoisotopic (exact) mass is 183 g/mol. The predicted molar refractivity (Wildman–Crippen MR) is 58.7 cm³/mol. The molecule has 0 aromatic carbocycles. The van der Waals surface area contributed by atoms with Crippen molar-refractivity contribution in [3.63, 3.8) is 0 Å². The molecule has 76 valence electrons. The second-order valence-electron chi connectivity index (χ2n) is 3.24. The minimum atomic E-state index is -0.142. The Morgan fingerprint density at radius 3 is 2.77 bits per heavy atom. The van der Waals surface area contributed by atoms with Gasteiger partial charge in [-0.2, -0.15) is 0 Å². The Labute approximate surface area is 83.6 Å². The molecule has 0 atom stereocenters. The van der Waals surface area contributed by atoms with Crippen LogP contribution in [-0.2, 0) is 0 Å². The van der Waals surface area contributed by atoms with Crippen LogP contribution in [0.1, 0.15) is 46.8 Å². The van der Waals surface area contributed by atoms with Crippen LogP contribution in [0.15, 0.2) is 24.3 Å². The van der Waals surface area contributed by atoms with Crippen LogP contribution < -0.4 is 0 Å². The van der Waals surface area contributed by atoms with Gasteiger partial charge in [0.25, 0.3) is 0 Å². The highest BCUT2D eigenvalue weighted by Crippen LogP contribution is 2.13. The normalized spacial score (nSPS) is 13.5. The van der Waals surface area contributed by atoms with Crippen LogP contribution >= 0.6 is 0 Å². The lowest BCUT2D eigenvalue weighted by Crippen LogP contribution is -1.86. The summed E-state index contributed by atoms with van der Waals surface area (Å²) in [7, 11) is 0. The van der Waals surface area contributed by atoms with E-state index in [4.69, 9.17) is 6.48 Å². The van der Waals surface area contributed by atoms with Crippen LogP contribution in [0.2, 0.25) is 0 Å². The number of rotatable bonds is 8. The summed E-state index contributed by atoms with van der Waals surface area (Å²) in [6.07, 6.45) is 8.31. The first kappa shape index (κ1) is 10.5. The molecule has 0 aliphatic rings. The third-order valence-corrected chi connectivity index (χ3v) is 2.05. The highest BCUT2D eigenvalue weighted by atomic mass is 16.2. The smallest absolute Gasteiger partial charge is 0.0615 e. The SMILES string of the molecule is [2H]/C(CO)=C(\CC=C)CCCCCC. The number of allylic oxidation sites excluding steroid dienone is 2. The van der Waals surface area contributed by atoms with Gasteiger partial charge in [-0.1, -0.05) is 43.9 Å². The summed E-state index contributed by atoms with van der Waals surface area (Å²) in [5.74, 6) is 0. The van der Waals surface area contributed by atoms with Gasteiger partial charge >= 0.3 is 0 Å². The summed E-state index contributed by atoms with van der Waals surface area (Å²) >= 11 is 0. The van der Waals surface area contributed by atoms with E-state index in [0.717, 1.165) is 24.8 Å². The Balaban J connectivity index is 3.91. The maximum atomic E-state index is 8.85. The van der Waals surface area contributed by atoms with Gasteiger partial charge in [0, 0.05) is 0 Å². The number of hydrogen-bond donors (Lipinski definition) is 1. The molecule has 0 heterocycles. The molecule has 0 aliphatic carbocycles. The molecule has 0 bridgehead atoms. The van der Waals surface area contributed by atoms with Crippen LogP contribution in [0.3, 0.4) is 0 Å². The van der Waals surface area contributed by atoms with E-state index < -0.39 is 0 Å². The van der Waals surface area contributed by atoms with Crippen molar-refractivity contribution in [2.75, 3.05) is 6.61 Å². The molecule has 1 nitrogen and oxygen atoms in total. The van der Waals surface area contributed by atoms with Gasteiger partial charge in [0.2, 0.25) is 0 Å². The molecule has 0 rings (SSSR count). The second-order valence-corrected chi connectivity index (χ2v) is 3.24. The van der Waals surface area contributed by atoms with Gasteiger partial charge in [-0.3, -0.25) is 0 Å². The number of hydrogen-bond acceptors (Lipinski definition) is 1. The van der Waals surface area contributed by atoms with Gasteiger partial charge in [-0.15, -0.1) is 6.58 Å². The Hall–Kier alpha value is -0.560. The van der Waals surface area contributed by atoms with Gasteiger partial charge < -0.3 is 5.11 Å². The fourth-order valence-corrected chi connectivity index (χ4v) is 1.31. The molecule has 0 radical (unpaired) electrons. The quantitative estimate of drug-likeness (QED) is 0.451. The highest BCUT2D eigenvalue weighted by Gasteiger charge is 1.94. The van der Waals surface area contributed by atoms with Crippen LogP contribution in [0.5, 0.6) is 0 Å². The fourth-order valence-electron chi connectivity index (χ4n) is 1.31. The van der Waals surface area contributed by atoms with Gasteiger partial charge in [0.15, 0.2) is 0 Å². The zero-order chi connectivity index (χ0) is 10.8. The third kappa shape index (κ3) is 7.79. The van der Waals surface area contributed by atoms with E-state index in [1.165, 1.54) is 19.3 Å². The van der Waals surface area contributed by atoms with Gasteiger partial charge in [0.1, 0.15) is 0 Å². The second kappa shape index (κ2) is 9.53. The summed E-state index contributed by atoms with van der Waals surface area (Å²) in [4.78, 5) is 0. The molecule has 1 heteroatoms. The molecule has 0 amide bonds. The largest absolute Gasteiger partial charge is 0.392 e. The first-order valence-electron chi connectivity index (χ1n) is 5.65. The number of aliphatic hydroxyl groups excluding tert-OH is 1. The van der Waals surface area contributed by atoms with Gasteiger partial charge in [-0.05, 0) is 19.3 Å². The lowest BCUT2D eigenvalue weighted by Gasteiger charge is -2.03. The van der Waals surface area contributed by atoms with Crippen LogP contribution in [0, 0.1) is 0 Å². The standard InChI is InChI=1S/C12H22O/c1-3-5-6-7-9-12(8-4-2)10-11-13/h4,10,13H,2-3,5-9,11H2,1H3/b12-10-/i10D. The molecular formula is C12H22O. The third-order valence-electron chi connectivity index (χ3n) is 2.05. The van der Waals surface area contributed by atoms with Crippen LogP contribution in [0.4, 0.5) is 0 Å². The summed E-state index contributed by atoms with van der Waals surface area (Å²) < 4.78 is 7.54. The predicted octanol–water partition coefficient (Wildman–Crippen LogP) is 3.45. The zero-order valence-corrected chi connectivity index (χ0v) is 8.68. The van der Waals surface area contributed by atoms with E-state index >= 15 is 0 Å². The van der Waals surface area contributed by atoms with Gasteiger partial charge in [-0.25, -0.2) is 0 Å². The van der Waals surface area contributed by atoms with Crippen molar-refractivity contribution >= 4 is 0 Å². The summed E-state index contributed by atoms with van der Waals surface area (Å²) in [6.45, 7) is 5.71. The lowest BCUT2D eigenvalue weighted by molar-refractivity contribution is 0.341. The van der Waals surface area contributed by atoms with Crippen molar-refractivity contribution < 1.29 is 6.48 Å². The van der Waals surface area contributed by atoms with E-state index in [1.807, 2.05) is 0 Å². The van der Waals surface area contributed by atoms with E-state index in [1.54, 1.807) is 6.08 Å². The summed E-state index contributed by atoms with van der Waals surface area (Å²) in [5, 5.41) is 8.85. The molecule has 0 saturated heterocycles. The van der Waals surface area contributed by atoms with E-state index in [9.17, 15) is 0 Å². The number of aliphatic hydroxyl groups is 1. The van der Waals surface area contributed by atoms with Crippen LogP contribution in [-0.4, -0.2) is 11.7 Å². The Bertz CT molecular complexity index is 185. The molecular weight excluding hydrogens is 160 g/mol. The molecule has 0 aliphatic heterocycles. The average Bonchev–Trinajstić information content (AvgIpc) is 2.21. The molecule has 0 aromatic heterocycles. The Kier molecular flexibility index (Phi) is 7.71. The first-order valence-corrected chi connectivity index (χ1v) is 5.15. The van der Waals surface area contributed by atoms with E-state index in [0.29, 0.717) is 6.05 Å². The first-order chi connectivity index (χ1) is 6.76.